The van der Waals surface area contributed by atoms with E-state index in [0.717, 1.165) is 5.71 Å². The number of halogens is 1. The predicted molar refractivity (Wildman–Crippen MR) is 89.4 cm³/mol. The van der Waals surface area contributed by atoms with E-state index in [9.17, 15) is 14.0 Å². The van der Waals surface area contributed by atoms with Crippen molar-refractivity contribution < 1.29 is 23.6 Å². The fourth-order valence-corrected chi connectivity index (χ4v) is 2.77. The molecule has 2 amide bonds. The first-order valence-electron chi connectivity index (χ1n) is 7.84. The zero-order valence-electron chi connectivity index (χ0n) is 14.0. The van der Waals surface area contributed by atoms with Gasteiger partial charge in [-0.1, -0.05) is 5.16 Å². The maximum Gasteiger partial charge on any atom is 0.414 e. The number of cyclic esters (lactones) is 1. The zero-order valence-corrected chi connectivity index (χ0v) is 14.0. The molecule has 0 aromatic heterocycles. The molecule has 0 spiro atoms. The summed E-state index contributed by atoms with van der Waals surface area (Å²) in [6.45, 7) is 2.89. The summed E-state index contributed by atoms with van der Waals surface area (Å²) >= 11 is 0. The number of nitrogens with one attached hydrogen (secondary N) is 1. The Kier molecular flexibility index (Phi) is 4.73. The van der Waals surface area contributed by atoms with Crippen molar-refractivity contribution in [2.24, 2.45) is 5.16 Å². The lowest BCUT2D eigenvalue weighted by molar-refractivity contribution is -0.119. The number of carbonyl (C=O) groups excluding carboxylic acids is 2. The van der Waals surface area contributed by atoms with Crippen LogP contribution in [0.5, 0.6) is 0 Å². The number of hydrogen-bond acceptors (Lipinski definition) is 6. The van der Waals surface area contributed by atoms with Gasteiger partial charge in [-0.3, -0.25) is 9.69 Å². The number of anilines is 2. The fraction of sp³-hybridized carbons (Fsp3) is 0.438. The molecule has 1 atom stereocenters. The molecule has 2 fully saturated rings. The predicted octanol–water partition coefficient (Wildman–Crippen LogP) is 1.11. The van der Waals surface area contributed by atoms with Crippen LogP contribution in [-0.4, -0.2) is 57.1 Å². The quantitative estimate of drug-likeness (QED) is 0.805. The largest absolute Gasteiger partial charge is 0.442 e. The molecule has 2 saturated heterocycles. The van der Waals surface area contributed by atoms with Crippen LogP contribution < -0.4 is 15.1 Å². The maximum atomic E-state index is 14.4. The summed E-state index contributed by atoms with van der Waals surface area (Å²) in [5.41, 5.74) is 1.71. The van der Waals surface area contributed by atoms with E-state index >= 15 is 0 Å². The Balaban J connectivity index is 1.66. The van der Waals surface area contributed by atoms with E-state index in [-0.39, 0.29) is 19.0 Å². The average Bonchev–Trinajstić information content (AvgIpc) is 2.90. The monoisotopic (exact) mass is 350 g/mol. The summed E-state index contributed by atoms with van der Waals surface area (Å²) in [7, 11) is 1.47. The minimum Gasteiger partial charge on any atom is -0.442 e. The minimum absolute atomic E-state index is 0.198. The van der Waals surface area contributed by atoms with Crippen molar-refractivity contribution in [3.63, 3.8) is 0 Å². The lowest BCUT2D eigenvalue weighted by Crippen LogP contribution is -2.48. The number of rotatable bonds is 5. The summed E-state index contributed by atoms with van der Waals surface area (Å²) < 4.78 is 19.6. The Morgan fingerprint density at radius 3 is 2.88 bits per heavy atom. The molecule has 9 heteroatoms. The molecule has 0 bridgehead atoms. The molecule has 134 valence electrons. The molecule has 1 aromatic carbocycles. The van der Waals surface area contributed by atoms with Crippen LogP contribution in [0.2, 0.25) is 0 Å². The number of carbonyl (C=O) groups is 2. The second kappa shape index (κ2) is 6.96. The van der Waals surface area contributed by atoms with E-state index < -0.39 is 18.0 Å². The van der Waals surface area contributed by atoms with Crippen LogP contribution >= 0.6 is 0 Å². The molecule has 2 aliphatic rings. The third-order valence-electron chi connectivity index (χ3n) is 4.00. The molecule has 2 aliphatic heterocycles. The normalized spacial score (nSPS) is 19.4. The number of ether oxygens (including phenoxy) is 1. The molecule has 1 aromatic rings. The summed E-state index contributed by atoms with van der Waals surface area (Å²) in [4.78, 5) is 30.8. The smallest absolute Gasteiger partial charge is 0.414 e. The fourth-order valence-electron chi connectivity index (χ4n) is 2.77. The first-order valence-corrected chi connectivity index (χ1v) is 7.84. The second-order valence-corrected chi connectivity index (χ2v) is 5.89. The molecule has 0 radical (unpaired) electrons. The van der Waals surface area contributed by atoms with Crippen LogP contribution in [0.4, 0.5) is 20.6 Å². The highest BCUT2D eigenvalue weighted by molar-refractivity contribution is 5.99. The Morgan fingerprint density at radius 1 is 1.48 bits per heavy atom. The van der Waals surface area contributed by atoms with Gasteiger partial charge >= 0.3 is 6.09 Å². The molecule has 0 unspecified atom stereocenters. The first kappa shape index (κ1) is 17.0. The van der Waals surface area contributed by atoms with Gasteiger partial charge < -0.3 is 19.8 Å². The number of nitrogens with zero attached hydrogens (tertiary/aromatic N) is 3. The lowest BCUT2D eigenvalue weighted by atomic mass is 10.1. The van der Waals surface area contributed by atoms with Crippen molar-refractivity contribution in [2.75, 3.05) is 43.1 Å². The van der Waals surface area contributed by atoms with Crippen molar-refractivity contribution in [1.29, 1.82) is 0 Å². The van der Waals surface area contributed by atoms with Gasteiger partial charge in [-0.05, 0) is 18.2 Å². The van der Waals surface area contributed by atoms with Gasteiger partial charge in [-0.2, -0.15) is 0 Å². The molecule has 0 aliphatic carbocycles. The van der Waals surface area contributed by atoms with E-state index in [1.807, 2.05) is 4.90 Å². The SMILES string of the molecule is CON=C1CN(c2ccc(N3C[C@H](CNC(C)=O)OC3=O)cc2F)C1. The van der Waals surface area contributed by atoms with Gasteiger partial charge in [-0.15, -0.1) is 0 Å². The van der Waals surface area contributed by atoms with Crippen LogP contribution in [0.15, 0.2) is 23.4 Å². The molecule has 0 saturated carbocycles. The van der Waals surface area contributed by atoms with Gasteiger partial charge in [0.15, 0.2) is 0 Å². The van der Waals surface area contributed by atoms with E-state index in [4.69, 9.17) is 4.74 Å². The molecule has 2 heterocycles. The molecule has 3 rings (SSSR count). The molecule has 25 heavy (non-hydrogen) atoms. The summed E-state index contributed by atoms with van der Waals surface area (Å²) in [5, 5.41) is 6.42. The second-order valence-electron chi connectivity index (χ2n) is 5.89. The Labute approximate surface area is 144 Å². The van der Waals surface area contributed by atoms with Crippen molar-refractivity contribution in [3.8, 4) is 0 Å². The van der Waals surface area contributed by atoms with E-state index in [1.165, 1.54) is 25.0 Å². The Bertz CT molecular complexity index is 716. The van der Waals surface area contributed by atoms with Crippen LogP contribution in [0.25, 0.3) is 0 Å². The van der Waals surface area contributed by atoms with Crippen LogP contribution in [0, 0.1) is 5.82 Å². The third-order valence-corrected chi connectivity index (χ3v) is 4.00. The Morgan fingerprint density at radius 2 is 2.24 bits per heavy atom. The summed E-state index contributed by atoms with van der Waals surface area (Å²) in [6, 6.07) is 4.61. The molecular formula is C16H19FN4O4. The van der Waals surface area contributed by atoms with Gasteiger partial charge in [0.05, 0.1) is 43.3 Å². The first-order chi connectivity index (χ1) is 12.0. The third kappa shape index (κ3) is 3.65. The molecule has 1 N–H and O–H groups in total. The van der Waals surface area contributed by atoms with Gasteiger partial charge in [0.1, 0.15) is 19.0 Å². The number of benzene rings is 1. The van der Waals surface area contributed by atoms with Gasteiger partial charge in [-0.25, -0.2) is 9.18 Å². The summed E-state index contributed by atoms with van der Waals surface area (Å²) in [5.74, 6) is -0.622. The van der Waals surface area contributed by atoms with Gasteiger partial charge in [0.2, 0.25) is 5.91 Å². The standard InChI is InChI=1S/C16H19FN4O4/c1-10(22)18-6-13-9-21(16(23)25-13)12-3-4-15(14(17)5-12)20-7-11(8-20)19-24-2/h3-5,13H,6-9H2,1-2H3,(H,18,22)/t13-/m0/s1. The van der Waals surface area contributed by atoms with Crippen molar-refractivity contribution >= 4 is 29.1 Å². The Hall–Kier alpha value is -2.84. The summed E-state index contributed by atoms with van der Waals surface area (Å²) in [6.07, 6.45) is -1.01. The van der Waals surface area contributed by atoms with Crippen LogP contribution in [0.1, 0.15) is 6.92 Å². The highest BCUT2D eigenvalue weighted by Gasteiger charge is 2.33. The zero-order chi connectivity index (χ0) is 18.0. The van der Waals surface area contributed by atoms with E-state index in [2.05, 4.69) is 15.3 Å². The number of amides is 2. The number of hydrogen-bond donors (Lipinski definition) is 1. The minimum atomic E-state index is -0.555. The van der Waals surface area contributed by atoms with Crippen molar-refractivity contribution in [1.82, 2.24) is 5.32 Å². The van der Waals surface area contributed by atoms with E-state index in [1.54, 1.807) is 12.1 Å². The number of oxime groups is 1. The van der Waals surface area contributed by atoms with Crippen molar-refractivity contribution in [3.05, 3.63) is 24.0 Å². The van der Waals surface area contributed by atoms with Gasteiger partial charge in [0, 0.05) is 6.92 Å². The van der Waals surface area contributed by atoms with Crippen LogP contribution in [0.3, 0.4) is 0 Å². The van der Waals surface area contributed by atoms with Gasteiger partial charge in [0.25, 0.3) is 0 Å². The van der Waals surface area contributed by atoms with E-state index in [0.29, 0.717) is 24.5 Å². The average molecular weight is 350 g/mol. The topological polar surface area (TPSA) is 83.5 Å². The highest BCUT2D eigenvalue weighted by atomic mass is 19.1. The lowest BCUT2D eigenvalue weighted by Gasteiger charge is -2.34. The highest BCUT2D eigenvalue weighted by Crippen LogP contribution is 2.29. The maximum absolute atomic E-state index is 14.4. The van der Waals surface area contributed by atoms with Crippen molar-refractivity contribution in [2.45, 2.75) is 13.0 Å². The molecular weight excluding hydrogens is 331 g/mol. The van der Waals surface area contributed by atoms with Crippen LogP contribution in [-0.2, 0) is 14.4 Å². The molecule has 8 nitrogen and oxygen atoms in total.